The highest BCUT2D eigenvalue weighted by Crippen LogP contribution is 2.23. The van der Waals surface area contributed by atoms with Crippen LogP contribution in [0, 0.1) is 5.41 Å². The van der Waals surface area contributed by atoms with Crippen molar-refractivity contribution in [1.29, 1.82) is 0 Å². The van der Waals surface area contributed by atoms with E-state index < -0.39 is 0 Å². The zero-order chi connectivity index (χ0) is 12.6. The summed E-state index contributed by atoms with van der Waals surface area (Å²) in [7, 11) is 0. The molecule has 16 heavy (non-hydrogen) atoms. The number of nitrogens with zero attached hydrogens (tertiary/aromatic N) is 1. The summed E-state index contributed by atoms with van der Waals surface area (Å²) >= 11 is 0. The average Bonchev–Trinajstić information content (AvgIpc) is 2.32. The molecule has 0 aliphatic rings. The van der Waals surface area contributed by atoms with Crippen LogP contribution in [-0.4, -0.2) is 37.1 Å². The summed E-state index contributed by atoms with van der Waals surface area (Å²) in [5, 5.41) is 3.50. The fourth-order valence-corrected chi connectivity index (χ4v) is 2.05. The highest BCUT2D eigenvalue weighted by atomic mass is 15.2. The van der Waals surface area contributed by atoms with Crippen molar-refractivity contribution in [1.82, 2.24) is 10.2 Å². The Hall–Kier alpha value is -0.0800. The molecule has 98 valence electrons. The summed E-state index contributed by atoms with van der Waals surface area (Å²) in [6.45, 7) is 18.4. The summed E-state index contributed by atoms with van der Waals surface area (Å²) in [6.07, 6.45) is 2.49. The molecule has 0 aromatic heterocycles. The Morgan fingerprint density at radius 1 is 1.19 bits per heavy atom. The maximum atomic E-state index is 3.50. The van der Waals surface area contributed by atoms with Gasteiger partial charge in [0.2, 0.25) is 0 Å². The minimum atomic E-state index is 0.412. The Morgan fingerprint density at radius 3 is 2.19 bits per heavy atom. The third-order valence-electron chi connectivity index (χ3n) is 3.86. The standard InChI is InChI=1S/C14H32N2/c1-7-13(5)16(10-4)12-14(6,8-2)11-15-9-3/h13,15H,7-12H2,1-6H3. The quantitative estimate of drug-likeness (QED) is 0.652. The number of rotatable bonds is 9. The Morgan fingerprint density at radius 2 is 1.81 bits per heavy atom. The van der Waals surface area contributed by atoms with Crippen LogP contribution in [0.2, 0.25) is 0 Å². The van der Waals surface area contributed by atoms with Crippen LogP contribution in [0.5, 0.6) is 0 Å². The van der Waals surface area contributed by atoms with Gasteiger partial charge in [0.25, 0.3) is 0 Å². The lowest BCUT2D eigenvalue weighted by Gasteiger charge is -2.37. The van der Waals surface area contributed by atoms with Crippen LogP contribution in [0.1, 0.15) is 54.4 Å². The largest absolute Gasteiger partial charge is 0.316 e. The van der Waals surface area contributed by atoms with E-state index in [1.807, 2.05) is 0 Å². The Kier molecular flexibility index (Phi) is 8.04. The van der Waals surface area contributed by atoms with E-state index in [1.54, 1.807) is 0 Å². The molecule has 0 heterocycles. The van der Waals surface area contributed by atoms with Gasteiger partial charge in [0.05, 0.1) is 0 Å². The molecule has 0 aromatic carbocycles. The van der Waals surface area contributed by atoms with E-state index >= 15 is 0 Å². The third-order valence-corrected chi connectivity index (χ3v) is 3.86. The first-order chi connectivity index (χ1) is 7.52. The molecule has 0 saturated heterocycles. The predicted octanol–water partition coefficient (Wildman–Crippen LogP) is 3.13. The van der Waals surface area contributed by atoms with E-state index in [4.69, 9.17) is 0 Å². The fourth-order valence-electron chi connectivity index (χ4n) is 2.05. The van der Waals surface area contributed by atoms with Crippen LogP contribution in [0.3, 0.4) is 0 Å². The first kappa shape index (κ1) is 15.9. The maximum Gasteiger partial charge on any atom is 0.00644 e. The predicted molar refractivity (Wildman–Crippen MR) is 73.9 cm³/mol. The van der Waals surface area contributed by atoms with Gasteiger partial charge in [-0.05, 0) is 38.3 Å². The molecule has 0 rings (SSSR count). The fraction of sp³-hybridized carbons (Fsp3) is 1.00. The lowest BCUT2D eigenvalue weighted by Crippen LogP contribution is -2.45. The number of hydrogen-bond acceptors (Lipinski definition) is 2. The zero-order valence-electron chi connectivity index (χ0n) is 12.3. The molecule has 2 unspecified atom stereocenters. The number of hydrogen-bond donors (Lipinski definition) is 1. The van der Waals surface area contributed by atoms with E-state index in [0.29, 0.717) is 11.5 Å². The topological polar surface area (TPSA) is 15.3 Å². The SMILES string of the molecule is CCNCC(C)(CC)CN(CC)C(C)CC. The van der Waals surface area contributed by atoms with Gasteiger partial charge < -0.3 is 10.2 Å². The Balaban J connectivity index is 4.35. The molecule has 0 saturated carbocycles. The van der Waals surface area contributed by atoms with Gasteiger partial charge in [-0.2, -0.15) is 0 Å². The normalized spacial score (nSPS) is 17.4. The van der Waals surface area contributed by atoms with Crippen molar-refractivity contribution >= 4 is 0 Å². The van der Waals surface area contributed by atoms with E-state index in [9.17, 15) is 0 Å². The van der Waals surface area contributed by atoms with Gasteiger partial charge in [-0.25, -0.2) is 0 Å². The summed E-state index contributed by atoms with van der Waals surface area (Å²) in [4.78, 5) is 2.61. The van der Waals surface area contributed by atoms with Crippen molar-refractivity contribution in [2.45, 2.75) is 60.4 Å². The molecule has 2 nitrogen and oxygen atoms in total. The molecule has 0 spiro atoms. The monoisotopic (exact) mass is 228 g/mol. The second-order valence-corrected chi connectivity index (χ2v) is 5.26. The van der Waals surface area contributed by atoms with Crippen LogP contribution in [0.4, 0.5) is 0 Å². The van der Waals surface area contributed by atoms with Crippen molar-refractivity contribution < 1.29 is 0 Å². The van der Waals surface area contributed by atoms with E-state index in [2.05, 4.69) is 51.8 Å². The lowest BCUT2D eigenvalue weighted by atomic mass is 9.86. The minimum absolute atomic E-state index is 0.412. The van der Waals surface area contributed by atoms with E-state index in [1.165, 1.54) is 19.4 Å². The van der Waals surface area contributed by atoms with Crippen LogP contribution >= 0.6 is 0 Å². The third kappa shape index (κ3) is 5.31. The van der Waals surface area contributed by atoms with E-state index in [0.717, 1.165) is 19.6 Å². The molecule has 0 aromatic rings. The zero-order valence-corrected chi connectivity index (χ0v) is 12.3. The highest BCUT2D eigenvalue weighted by molar-refractivity contribution is 4.81. The molecule has 0 aliphatic carbocycles. The molecular formula is C14H32N2. The molecule has 0 fully saturated rings. The van der Waals surface area contributed by atoms with Gasteiger partial charge in [0.15, 0.2) is 0 Å². The van der Waals surface area contributed by atoms with Gasteiger partial charge in [-0.1, -0.05) is 34.6 Å². The first-order valence-electron chi connectivity index (χ1n) is 6.97. The minimum Gasteiger partial charge on any atom is -0.316 e. The molecular weight excluding hydrogens is 196 g/mol. The van der Waals surface area contributed by atoms with Crippen molar-refractivity contribution in [3.8, 4) is 0 Å². The van der Waals surface area contributed by atoms with Crippen LogP contribution in [0.25, 0.3) is 0 Å². The average molecular weight is 228 g/mol. The molecule has 0 bridgehead atoms. The summed E-state index contributed by atoms with van der Waals surface area (Å²) in [5.74, 6) is 0. The molecule has 2 heteroatoms. The molecule has 0 radical (unpaired) electrons. The molecule has 0 amide bonds. The van der Waals surface area contributed by atoms with Gasteiger partial charge in [0, 0.05) is 19.1 Å². The van der Waals surface area contributed by atoms with Crippen molar-refractivity contribution in [3.05, 3.63) is 0 Å². The van der Waals surface area contributed by atoms with Gasteiger partial charge in [-0.3, -0.25) is 0 Å². The molecule has 0 aliphatic heterocycles. The molecule has 1 N–H and O–H groups in total. The summed E-state index contributed by atoms with van der Waals surface area (Å²) in [6, 6.07) is 0.706. The second kappa shape index (κ2) is 8.08. The van der Waals surface area contributed by atoms with Gasteiger partial charge >= 0.3 is 0 Å². The van der Waals surface area contributed by atoms with Crippen LogP contribution in [-0.2, 0) is 0 Å². The smallest absolute Gasteiger partial charge is 0.00644 e. The van der Waals surface area contributed by atoms with Gasteiger partial charge in [-0.15, -0.1) is 0 Å². The van der Waals surface area contributed by atoms with Crippen LogP contribution in [0.15, 0.2) is 0 Å². The molecule has 2 atom stereocenters. The first-order valence-corrected chi connectivity index (χ1v) is 6.97. The van der Waals surface area contributed by atoms with Crippen molar-refractivity contribution in [2.24, 2.45) is 5.41 Å². The summed E-state index contributed by atoms with van der Waals surface area (Å²) < 4.78 is 0. The van der Waals surface area contributed by atoms with Crippen molar-refractivity contribution in [3.63, 3.8) is 0 Å². The number of nitrogens with one attached hydrogen (secondary N) is 1. The van der Waals surface area contributed by atoms with E-state index in [-0.39, 0.29) is 0 Å². The van der Waals surface area contributed by atoms with Crippen LogP contribution < -0.4 is 5.32 Å². The van der Waals surface area contributed by atoms with Crippen molar-refractivity contribution in [2.75, 3.05) is 26.2 Å². The highest BCUT2D eigenvalue weighted by Gasteiger charge is 2.25. The van der Waals surface area contributed by atoms with Gasteiger partial charge in [0.1, 0.15) is 0 Å². The summed E-state index contributed by atoms with van der Waals surface area (Å²) in [5.41, 5.74) is 0.412. The maximum absolute atomic E-state index is 3.50. The second-order valence-electron chi connectivity index (χ2n) is 5.26. The Labute approximate surface area is 103 Å². The lowest BCUT2D eigenvalue weighted by molar-refractivity contribution is 0.124. The Bertz CT molecular complexity index is 170.